The summed E-state index contributed by atoms with van der Waals surface area (Å²) in [5.41, 5.74) is 0. The highest BCUT2D eigenvalue weighted by Gasteiger charge is 2.36. The van der Waals surface area contributed by atoms with Crippen LogP contribution in [-0.2, 0) is 9.84 Å². The zero-order chi connectivity index (χ0) is 13.3. The summed E-state index contributed by atoms with van der Waals surface area (Å²) in [5.74, 6) is -0.00691. The molecule has 2 N–H and O–H groups in total. The lowest BCUT2D eigenvalue weighted by molar-refractivity contribution is 0.156. The fourth-order valence-corrected chi connectivity index (χ4v) is 3.68. The molecule has 1 fully saturated rings. The summed E-state index contributed by atoms with van der Waals surface area (Å²) in [5, 5.41) is 17.2. The van der Waals surface area contributed by atoms with E-state index in [9.17, 15) is 13.2 Å². The number of hydrogen-bond acceptors (Lipinski definition) is 4. The number of aromatic hydroxyl groups is 1. The number of benzene rings is 1. The van der Waals surface area contributed by atoms with Gasteiger partial charge in [0.2, 0.25) is 0 Å². The topological polar surface area (TPSA) is 94.9 Å². The summed E-state index contributed by atoms with van der Waals surface area (Å²) in [6.07, 6.45) is -0.798. The standard InChI is InChI=1S/C11H13NO5S/c13-8-1-3-9(4-2-8)18(16,17)10-5-6-12(7-10)11(14)15/h1-4,10,13H,5-7H2,(H,14,15)/t10-/m0/s1. The summed E-state index contributed by atoms with van der Waals surface area (Å²) in [4.78, 5) is 12.0. The van der Waals surface area contributed by atoms with Gasteiger partial charge in [0.25, 0.3) is 0 Å². The van der Waals surface area contributed by atoms with Crippen molar-refractivity contribution in [2.45, 2.75) is 16.6 Å². The second-order valence-corrected chi connectivity index (χ2v) is 6.41. The Labute approximate surface area is 104 Å². The van der Waals surface area contributed by atoms with E-state index < -0.39 is 21.2 Å². The van der Waals surface area contributed by atoms with Crippen molar-refractivity contribution in [1.82, 2.24) is 4.90 Å². The van der Waals surface area contributed by atoms with E-state index in [0.717, 1.165) is 4.90 Å². The molecule has 1 atom stereocenters. The van der Waals surface area contributed by atoms with Crippen molar-refractivity contribution >= 4 is 15.9 Å². The number of amides is 1. The molecule has 18 heavy (non-hydrogen) atoms. The Bertz CT molecular complexity index is 551. The highest BCUT2D eigenvalue weighted by molar-refractivity contribution is 7.92. The van der Waals surface area contributed by atoms with E-state index in [2.05, 4.69) is 0 Å². The molecule has 1 aromatic carbocycles. The Balaban J connectivity index is 2.22. The molecule has 7 heteroatoms. The van der Waals surface area contributed by atoms with Gasteiger partial charge in [0.05, 0.1) is 10.1 Å². The predicted octanol–water partition coefficient (Wildman–Crippen LogP) is 0.918. The number of sulfone groups is 1. The Morgan fingerprint density at radius 1 is 1.28 bits per heavy atom. The van der Waals surface area contributed by atoms with Crippen LogP contribution in [0, 0.1) is 0 Å². The Kier molecular flexibility index (Phi) is 3.16. The largest absolute Gasteiger partial charge is 0.508 e. The molecule has 0 saturated carbocycles. The van der Waals surface area contributed by atoms with Crippen LogP contribution < -0.4 is 0 Å². The van der Waals surface area contributed by atoms with Gasteiger partial charge in [-0.2, -0.15) is 0 Å². The van der Waals surface area contributed by atoms with Crippen molar-refractivity contribution in [1.29, 1.82) is 0 Å². The monoisotopic (exact) mass is 271 g/mol. The first-order valence-corrected chi connectivity index (χ1v) is 6.96. The van der Waals surface area contributed by atoms with Crippen molar-refractivity contribution in [2.75, 3.05) is 13.1 Å². The van der Waals surface area contributed by atoms with Crippen LogP contribution in [0.5, 0.6) is 5.75 Å². The molecular weight excluding hydrogens is 258 g/mol. The number of nitrogens with zero attached hydrogens (tertiary/aromatic N) is 1. The summed E-state index contributed by atoms with van der Waals surface area (Å²) < 4.78 is 24.4. The first-order valence-electron chi connectivity index (χ1n) is 5.42. The van der Waals surface area contributed by atoms with E-state index >= 15 is 0 Å². The molecule has 1 aliphatic heterocycles. The van der Waals surface area contributed by atoms with Crippen LogP contribution >= 0.6 is 0 Å². The second kappa shape index (κ2) is 4.49. The van der Waals surface area contributed by atoms with E-state index in [1.54, 1.807) is 0 Å². The summed E-state index contributed by atoms with van der Waals surface area (Å²) in [6, 6.07) is 5.26. The minimum atomic E-state index is -3.54. The minimum absolute atomic E-state index is 0.00145. The average Bonchev–Trinajstić information content (AvgIpc) is 2.79. The van der Waals surface area contributed by atoms with Crippen molar-refractivity contribution in [2.24, 2.45) is 0 Å². The van der Waals surface area contributed by atoms with Crippen LogP contribution in [-0.4, -0.2) is 48.0 Å². The van der Waals surface area contributed by atoms with Gasteiger partial charge in [0.1, 0.15) is 5.75 Å². The van der Waals surface area contributed by atoms with Crippen LogP contribution in [0.3, 0.4) is 0 Å². The lowest BCUT2D eigenvalue weighted by Gasteiger charge is -2.13. The first-order chi connectivity index (χ1) is 8.41. The van der Waals surface area contributed by atoms with E-state index in [0.29, 0.717) is 6.42 Å². The summed E-state index contributed by atoms with van der Waals surface area (Å²) in [6.45, 7) is 0.232. The van der Waals surface area contributed by atoms with Gasteiger partial charge in [0.15, 0.2) is 9.84 Å². The SMILES string of the molecule is O=C(O)N1CC[C@H](S(=O)(=O)c2ccc(O)cc2)C1. The van der Waals surface area contributed by atoms with E-state index in [4.69, 9.17) is 10.2 Å². The lowest BCUT2D eigenvalue weighted by Crippen LogP contribution is -2.30. The highest BCUT2D eigenvalue weighted by Crippen LogP contribution is 2.25. The molecule has 6 nitrogen and oxygen atoms in total. The molecule has 1 aliphatic rings. The van der Waals surface area contributed by atoms with Crippen molar-refractivity contribution in [3.8, 4) is 5.75 Å². The van der Waals surface area contributed by atoms with Gasteiger partial charge < -0.3 is 15.1 Å². The molecule has 1 saturated heterocycles. The normalized spacial score (nSPS) is 20.0. The van der Waals surface area contributed by atoms with Gasteiger partial charge in [-0.15, -0.1) is 0 Å². The highest BCUT2D eigenvalue weighted by atomic mass is 32.2. The molecule has 2 rings (SSSR count). The van der Waals surface area contributed by atoms with Gasteiger partial charge in [0, 0.05) is 13.1 Å². The van der Waals surface area contributed by atoms with Crippen LogP contribution in [0.1, 0.15) is 6.42 Å². The van der Waals surface area contributed by atoms with Gasteiger partial charge >= 0.3 is 6.09 Å². The number of likely N-dealkylation sites (tertiary alicyclic amines) is 1. The smallest absolute Gasteiger partial charge is 0.407 e. The maximum Gasteiger partial charge on any atom is 0.407 e. The van der Waals surface area contributed by atoms with Gasteiger partial charge in [-0.05, 0) is 30.7 Å². The fourth-order valence-electron chi connectivity index (χ4n) is 1.98. The molecule has 0 unspecified atom stereocenters. The molecule has 1 aromatic rings. The quantitative estimate of drug-likeness (QED) is 0.834. The molecule has 1 amide bonds. The molecule has 0 aromatic heterocycles. The van der Waals surface area contributed by atoms with Gasteiger partial charge in [-0.1, -0.05) is 0 Å². The van der Waals surface area contributed by atoms with Gasteiger partial charge in [-0.25, -0.2) is 13.2 Å². The average molecular weight is 271 g/mol. The number of carboxylic acid groups (broad SMARTS) is 1. The Morgan fingerprint density at radius 3 is 2.39 bits per heavy atom. The lowest BCUT2D eigenvalue weighted by atomic mass is 10.3. The molecule has 98 valence electrons. The third-order valence-corrected chi connectivity index (χ3v) is 5.21. The van der Waals surface area contributed by atoms with Crippen LogP contribution in [0.15, 0.2) is 29.2 Å². The van der Waals surface area contributed by atoms with Crippen molar-refractivity contribution in [3.63, 3.8) is 0 Å². The number of phenols is 1. The van der Waals surface area contributed by atoms with Crippen LogP contribution in [0.4, 0.5) is 4.79 Å². The zero-order valence-corrected chi connectivity index (χ0v) is 10.3. The third kappa shape index (κ3) is 2.26. The zero-order valence-electron chi connectivity index (χ0n) is 9.48. The Hall–Kier alpha value is -1.76. The van der Waals surface area contributed by atoms with E-state index in [1.165, 1.54) is 24.3 Å². The maximum absolute atomic E-state index is 12.2. The van der Waals surface area contributed by atoms with Crippen molar-refractivity contribution in [3.05, 3.63) is 24.3 Å². The molecule has 0 spiro atoms. The van der Waals surface area contributed by atoms with Crippen LogP contribution in [0.25, 0.3) is 0 Å². The predicted molar refractivity (Wildman–Crippen MR) is 63.3 cm³/mol. The molecule has 0 bridgehead atoms. The second-order valence-electron chi connectivity index (χ2n) is 4.18. The number of phenolic OH excluding ortho intramolecular Hbond substituents is 1. The van der Waals surface area contributed by atoms with Gasteiger partial charge in [-0.3, -0.25) is 0 Å². The van der Waals surface area contributed by atoms with Crippen molar-refractivity contribution < 1.29 is 23.4 Å². The number of carbonyl (C=O) groups is 1. The fraction of sp³-hybridized carbons (Fsp3) is 0.364. The summed E-state index contributed by atoms with van der Waals surface area (Å²) >= 11 is 0. The third-order valence-electron chi connectivity index (χ3n) is 3.02. The maximum atomic E-state index is 12.2. The molecule has 0 aliphatic carbocycles. The molecule has 0 radical (unpaired) electrons. The van der Waals surface area contributed by atoms with Crippen LogP contribution in [0.2, 0.25) is 0 Å². The van der Waals surface area contributed by atoms with E-state index in [1.807, 2.05) is 0 Å². The Morgan fingerprint density at radius 2 is 1.89 bits per heavy atom. The molecule has 1 heterocycles. The summed E-state index contributed by atoms with van der Waals surface area (Å²) in [7, 11) is -3.54. The molecular formula is C11H13NO5S. The first kappa shape index (κ1) is 12.7. The minimum Gasteiger partial charge on any atom is -0.508 e. The number of rotatable bonds is 2. The number of hydrogen-bond donors (Lipinski definition) is 2. The van der Waals surface area contributed by atoms with E-state index in [-0.39, 0.29) is 23.7 Å².